The molecule has 0 unspecified atom stereocenters. The Morgan fingerprint density at radius 2 is 1.58 bits per heavy atom. The number of benzene rings is 2. The second kappa shape index (κ2) is 15.2. The van der Waals surface area contributed by atoms with Gasteiger partial charge in [-0.2, -0.15) is 0 Å². The lowest BCUT2D eigenvalue weighted by Crippen LogP contribution is -2.34. The number of fused-ring (bicyclic) bond motifs is 2. The van der Waals surface area contributed by atoms with Crippen LogP contribution in [-0.4, -0.2) is 95.6 Å². The van der Waals surface area contributed by atoms with Crippen LogP contribution < -0.4 is 14.2 Å². The minimum absolute atomic E-state index is 0.258. The maximum absolute atomic E-state index is 12.8. The number of cyclic esters (lactones) is 1. The summed E-state index contributed by atoms with van der Waals surface area (Å²) >= 11 is 0. The van der Waals surface area contributed by atoms with E-state index in [1.54, 1.807) is 24.3 Å². The molecule has 0 saturated heterocycles. The van der Waals surface area contributed by atoms with E-state index in [0.717, 1.165) is 32.6 Å². The number of likely N-dealkylation sites (N-methyl/N-ethyl adjacent to an activating group) is 2. The Morgan fingerprint density at radius 1 is 0.868 bits per heavy atom. The molecule has 0 saturated carbocycles. The fourth-order valence-electron chi connectivity index (χ4n) is 4.22. The van der Waals surface area contributed by atoms with Gasteiger partial charge in [-0.3, -0.25) is 0 Å². The average molecular weight is 529 g/mol. The Labute approximate surface area is 225 Å². The van der Waals surface area contributed by atoms with Gasteiger partial charge in [0.05, 0.1) is 38.6 Å². The highest BCUT2D eigenvalue weighted by Gasteiger charge is 2.20. The van der Waals surface area contributed by atoms with Gasteiger partial charge in [0, 0.05) is 26.2 Å². The molecule has 9 nitrogen and oxygen atoms in total. The van der Waals surface area contributed by atoms with Crippen molar-refractivity contribution >= 4 is 11.9 Å². The van der Waals surface area contributed by atoms with E-state index in [-0.39, 0.29) is 12.1 Å². The van der Waals surface area contributed by atoms with Crippen molar-refractivity contribution in [2.75, 3.05) is 67.7 Å². The predicted molar refractivity (Wildman–Crippen MR) is 144 cm³/mol. The zero-order valence-corrected chi connectivity index (χ0v) is 22.9. The Morgan fingerprint density at radius 3 is 2.29 bits per heavy atom. The molecule has 2 aromatic rings. The quantitative estimate of drug-likeness (QED) is 0.549. The van der Waals surface area contributed by atoms with Gasteiger partial charge in [-0.1, -0.05) is 18.2 Å². The maximum Gasteiger partial charge on any atom is 0.338 e. The van der Waals surface area contributed by atoms with Crippen LogP contribution in [0.25, 0.3) is 0 Å². The van der Waals surface area contributed by atoms with E-state index >= 15 is 0 Å². The van der Waals surface area contributed by atoms with E-state index in [0.29, 0.717) is 60.9 Å². The van der Waals surface area contributed by atoms with Crippen molar-refractivity contribution in [2.45, 2.75) is 31.8 Å². The van der Waals surface area contributed by atoms with Gasteiger partial charge in [0.25, 0.3) is 0 Å². The lowest BCUT2D eigenvalue weighted by atomic mass is 10.1. The van der Waals surface area contributed by atoms with Gasteiger partial charge in [0.15, 0.2) is 11.5 Å². The summed E-state index contributed by atoms with van der Waals surface area (Å²) in [5.74, 6) is 0.429. The number of carbonyl (C=O) groups excluding carboxylic acids is 2. The Hall–Kier alpha value is -3.30. The first-order valence-electron chi connectivity index (χ1n) is 13.1. The average Bonchev–Trinajstić information content (AvgIpc) is 2.94. The lowest BCUT2D eigenvalue weighted by molar-refractivity contribution is 0.0225. The summed E-state index contributed by atoms with van der Waals surface area (Å²) in [4.78, 5) is 29.9. The summed E-state index contributed by atoms with van der Waals surface area (Å²) in [5.41, 5.74) is 0.870. The number of rotatable bonds is 4. The Kier molecular flexibility index (Phi) is 11.7. The molecule has 1 aliphatic rings. The number of carbonyl (C=O) groups is 2. The third kappa shape index (κ3) is 8.92. The summed E-state index contributed by atoms with van der Waals surface area (Å²) in [5, 5.41) is 0. The molecule has 0 amide bonds. The molecular weight excluding hydrogens is 488 g/mol. The molecule has 1 heterocycles. The molecule has 38 heavy (non-hydrogen) atoms. The monoisotopic (exact) mass is 528 g/mol. The highest BCUT2D eigenvalue weighted by molar-refractivity contribution is 5.91. The number of nitrogens with zero attached hydrogens (tertiary/aromatic N) is 2. The van der Waals surface area contributed by atoms with Crippen molar-refractivity contribution in [3.05, 3.63) is 53.6 Å². The van der Waals surface area contributed by atoms with E-state index in [4.69, 9.17) is 23.7 Å². The van der Waals surface area contributed by atoms with E-state index in [9.17, 15) is 9.59 Å². The number of hydrogen-bond donors (Lipinski definition) is 0. The Bertz CT molecular complexity index is 1030. The molecule has 1 aliphatic heterocycles. The van der Waals surface area contributed by atoms with Gasteiger partial charge >= 0.3 is 11.9 Å². The van der Waals surface area contributed by atoms with E-state index in [2.05, 4.69) is 23.9 Å². The SMILES string of the molecule is COc1cc2cc(c1OC)OCCC[C@@H](OC(=O)c1ccccc1)CCN(C)CCN(C)CCCOC2=O. The normalized spacial score (nSPS) is 19.2. The van der Waals surface area contributed by atoms with Crippen LogP contribution in [0.1, 0.15) is 46.4 Å². The summed E-state index contributed by atoms with van der Waals surface area (Å²) in [6.45, 7) is 4.02. The van der Waals surface area contributed by atoms with Crippen LogP contribution in [-0.2, 0) is 9.47 Å². The van der Waals surface area contributed by atoms with Gasteiger partial charge < -0.3 is 33.5 Å². The van der Waals surface area contributed by atoms with Gasteiger partial charge in [-0.05, 0) is 64.0 Å². The first-order valence-corrected chi connectivity index (χ1v) is 13.1. The summed E-state index contributed by atoms with van der Waals surface area (Å²) in [6, 6.07) is 12.3. The molecule has 0 N–H and O–H groups in total. The molecule has 1 atom stereocenters. The van der Waals surface area contributed by atoms with Crippen LogP contribution in [0.15, 0.2) is 42.5 Å². The Balaban J connectivity index is 1.76. The minimum atomic E-state index is -0.441. The second-order valence-corrected chi connectivity index (χ2v) is 9.48. The van der Waals surface area contributed by atoms with Gasteiger partial charge in [-0.15, -0.1) is 0 Å². The first kappa shape index (κ1) is 29.3. The van der Waals surface area contributed by atoms with Gasteiger partial charge in [0.2, 0.25) is 5.75 Å². The fraction of sp³-hybridized carbons (Fsp3) is 0.517. The van der Waals surface area contributed by atoms with Crippen molar-refractivity contribution in [3.63, 3.8) is 0 Å². The van der Waals surface area contributed by atoms with Crippen molar-refractivity contribution < 1.29 is 33.3 Å². The number of ether oxygens (including phenoxy) is 5. The van der Waals surface area contributed by atoms with Gasteiger partial charge in [0.1, 0.15) is 6.10 Å². The number of hydrogen-bond acceptors (Lipinski definition) is 9. The van der Waals surface area contributed by atoms with Crippen molar-refractivity contribution in [2.24, 2.45) is 0 Å². The third-order valence-electron chi connectivity index (χ3n) is 6.51. The maximum atomic E-state index is 12.8. The smallest absolute Gasteiger partial charge is 0.338 e. The zero-order chi connectivity index (χ0) is 27.3. The van der Waals surface area contributed by atoms with Crippen molar-refractivity contribution in [1.29, 1.82) is 0 Å². The zero-order valence-electron chi connectivity index (χ0n) is 22.9. The van der Waals surface area contributed by atoms with Crippen LogP contribution in [0.4, 0.5) is 0 Å². The molecule has 2 aromatic carbocycles. The summed E-state index contributed by atoms with van der Waals surface area (Å²) in [6.07, 6.45) is 2.45. The highest BCUT2D eigenvalue weighted by atomic mass is 16.5. The molecule has 0 aromatic heterocycles. The van der Waals surface area contributed by atoms with Crippen LogP contribution in [0.5, 0.6) is 17.2 Å². The molecule has 3 rings (SSSR count). The van der Waals surface area contributed by atoms with Crippen LogP contribution in [0.3, 0.4) is 0 Å². The first-order chi connectivity index (χ1) is 18.4. The number of esters is 2. The van der Waals surface area contributed by atoms with Crippen molar-refractivity contribution in [1.82, 2.24) is 9.80 Å². The predicted octanol–water partition coefficient (Wildman–Crippen LogP) is 3.90. The molecule has 0 aliphatic carbocycles. The fourth-order valence-corrected chi connectivity index (χ4v) is 4.22. The van der Waals surface area contributed by atoms with Gasteiger partial charge in [-0.25, -0.2) is 9.59 Å². The lowest BCUT2D eigenvalue weighted by Gasteiger charge is -2.24. The molecule has 0 fully saturated rings. The number of methoxy groups -OCH3 is 2. The van der Waals surface area contributed by atoms with Crippen LogP contribution in [0, 0.1) is 0 Å². The minimum Gasteiger partial charge on any atom is -0.493 e. The molecule has 0 spiro atoms. The molecule has 208 valence electrons. The molecule has 9 heteroatoms. The second-order valence-electron chi connectivity index (χ2n) is 9.48. The topological polar surface area (TPSA) is 86.8 Å². The van der Waals surface area contributed by atoms with E-state index in [1.807, 2.05) is 18.2 Å². The van der Waals surface area contributed by atoms with Crippen LogP contribution >= 0.6 is 0 Å². The molecule has 2 bridgehead atoms. The highest BCUT2D eigenvalue weighted by Crippen LogP contribution is 2.38. The molecule has 0 radical (unpaired) electrons. The largest absolute Gasteiger partial charge is 0.493 e. The third-order valence-corrected chi connectivity index (χ3v) is 6.51. The van der Waals surface area contributed by atoms with E-state index < -0.39 is 5.97 Å². The summed E-state index contributed by atoms with van der Waals surface area (Å²) in [7, 11) is 7.16. The molecular formula is C29H40N2O7. The van der Waals surface area contributed by atoms with Crippen LogP contribution in [0.2, 0.25) is 0 Å². The van der Waals surface area contributed by atoms with E-state index in [1.165, 1.54) is 14.2 Å². The van der Waals surface area contributed by atoms with Crippen molar-refractivity contribution in [3.8, 4) is 17.2 Å². The summed E-state index contributed by atoms with van der Waals surface area (Å²) < 4.78 is 28.4. The standard InChI is InChI=1S/C29H40N2O7/c1-30-14-9-19-37-28(32)23-20-25(34-3)27(35-4)26(21-23)36-18-8-12-24(13-15-31(2)17-16-30)38-29(33)22-10-6-5-7-11-22/h5-7,10-11,20-21,24H,8-9,12-19H2,1-4H3/t24-/m1/s1.